The lowest BCUT2D eigenvalue weighted by Crippen LogP contribution is -2.40. The molecule has 27 heavy (non-hydrogen) atoms. The van der Waals surface area contributed by atoms with Gasteiger partial charge in [-0.2, -0.15) is 0 Å². The van der Waals surface area contributed by atoms with Gasteiger partial charge in [0.2, 0.25) is 0 Å². The van der Waals surface area contributed by atoms with Crippen LogP contribution in [0.1, 0.15) is 55.5 Å². The Morgan fingerprint density at radius 3 is 2.44 bits per heavy atom. The monoisotopic (exact) mass is 374 g/mol. The Morgan fingerprint density at radius 2 is 1.85 bits per heavy atom. The maximum atomic E-state index is 12.8. The van der Waals surface area contributed by atoms with E-state index in [1.807, 2.05) is 36.1 Å². The van der Waals surface area contributed by atoms with Crippen LogP contribution in [0.3, 0.4) is 0 Å². The molecule has 6 heteroatoms. The SMILES string of the molecule is CCOCCOC(C)C(=O)N(Cc1ccc(C(=O)NC2CC2)cc1)C1CC1. The fourth-order valence-corrected chi connectivity index (χ4v) is 2.96. The fraction of sp³-hybridized carbons (Fsp3) is 0.619. The molecule has 6 nitrogen and oxygen atoms in total. The third kappa shape index (κ3) is 6.04. The number of carbonyl (C=O) groups excluding carboxylic acids is 2. The van der Waals surface area contributed by atoms with Crippen LogP contribution in [0.4, 0.5) is 0 Å². The van der Waals surface area contributed by atoms with Crippen LogP contribution in [0.25, 0.3) is 0 Å². The number of nitrogens with zero attached hydrogens (tertiary/aromatic N) is 1. The topological polar surface area (TPSA) is 67.9 Å². The van der Waals surface area contributed by atoms with Crippen molar-refractivity contribution in [3.63, 3.8) is 0 Å². The molecule has 1 aromatic carbocycles. The highest BCUT2D eigenvalue weighted by molar-refractivity contribution is 5.94. The molecule has 0 spiro atoms. The Balaban J connectivity index is 1.54. The van der Waals surface area contributed by atoms with Gasteiger partial charge in [0.1, 0.15) is 6.10 Å². The lowest BCUT2D eigenvalue weighted by atomic mass is 10.1. The Hall–Kier alpha value is -1.92. The molecule has 1 aromatic rings. The summed E-state index contributed by atoms with van der Waals surface area (Å²) in [5.74, 6) is 0.0000438. The number of carbonyl (C=O) groups is 2. The van der Waals surface area contributed by atoms with E-state index in [1.54, 1.807) is 6.92 Å². The molecule has 0 heterocycles. The molecule has 1 N–H and O–H groups in total. The van der Waals surface area contributed by atoms with Gasteiger partial charge in [0.05, 0.1) is 13.2 Å². The molecule has 1 atom stereocenters. The largest absolute Gasteiger partial charge is 0.379 e. The van der Waals surface area contributed by atoms with E-state index in [-0.39, 0.29) is 11.8 Å². The van der Waals surface area contributed by atoms with Gasteiger partial charge >= 0.3 is 0 Å². The van der Waals surface area contributed by atoms with Crippen molar-refractivity contribution in [2.75, 3.05) is 19.8 Å². The first-order chi connectivity index (χ1) is 13.1. The van der Waals surface area contributed by atoms with Gasteiger partial charge in [-0.05, 0) is 57.2 Å². The second kappa shape index (κ2) is 9.33. The minimum atomic E-state index is -0.477. The van der Waals surface area contributed by atoms with Gasteiger partial charge in [0.25, 0.3) is 11.8 Å². The summed E-state index contributed by atoms with van der Waals surface area (Å²) in [5.41, 5.74) is 1.70. The van der Waals surface area contributed by atoms with E-state index in [0.717, 1.165) is 31.2 Å². The standard InChI is InChI=1S/C21H30N2O4/c1-3-26-12-13-27-15(2)21(25)23(19-10-11-19)14-16-4-6-17(7-5-16)20(24)22-18-8-9-18/h4-7,15,18-19H,3,8-14H2,1-2H3,(H,22,24). The Labute approximate surface area is 161 Å². The predicted octanol–water partition coefficient (Wildman–Crippen LogP) is 2.51. The highest BCUT2D eigenvalue weighted by Gasteiger charge is 2.35. The van der Waals surface area contributed by atoms with Crippen LogP contribution in [0.2, 0.25) is 0 Å². The zero-order valence-electron chi connectivity index (χ0n) is 16.3. The highest BCUT2D eigenvalue weighted by atomic mass is 16.5. The summed E-state index contributed by atoms with van der Waals surface area (Å²) in [4.78, 5) is 26.8. The van der Waals surface area contributed by atoms with Gasteiger partial charge in [0, 0.05) is 30.8 Å². The van der Waals surface area contributed by atoms with Crippen molar-refractivity contribution < 1.29 is 19.1 Å². The van der Waals surface area contributed by atoms with Crippen LogP contribution in [0.5, 0.6) is 0 Å². The smallest absolute Gasteiger partial charge is 0.251 e. The molecule has 2 saturated carbocycles. The molecule has 2 fully saturated rings. The Morgan fingerprint density at radius 1 is 1.15 bits per heavy atom. The zero-order valence-corrected chi connectivity index (χ0v) is 16.3. The molecular weight excluding hydrogens is 344 g/mol. The van der Waals surface area contributed by atoms with Crippen LogP contribution in [0.15, 0.2) is 24.3 Å². The summed E-state index contributed by atoms with van der Waals surface area (Å²) in [7, 11) is 0. The second-order valence-electron chi connectivity index (χ2n) is 7.35. The third-order valence-corrected chi connectivity index (χ3v) is 4.90. The molecule has 148 valence electrons. The average molecular weight is 374 g/mol. The van der Waals surface area contributed by atoms with Gasteiger partial charge in [0.15, 0.2) is 0 Å². The van der Waals surface area contributed by atoms with Crippen LogP contribution < -0.4 is 5.32 Å². The predicted molar refractivity (Wildman–Crippen MR) is 102 cm³/mol. The quantitative estimate of drug-likeness (QED) is 0.605. The minimum Gasteiger partial charge on any atom is -0.379 e. The summed E-state index contributed by atoms with van der Waals surface area (Å²) >= 11 is 0. The lowest BCUT2D eigenvalue weighted by Gasteiger charge is -2.26. The van der Waals surface area contributed by atoms with Crippen molar-refractivity contribution in [3.05, 3.63) is 35.4 Å². The van der Waals surface area contributed by atoms with Crippen molar-refractivity contribution in [1.29, 1.82) is 0 Å². The first kappa shape index (κ1) is 19.8. The number of benzene rings is 1. The minimum absolute atomic E-state index is 0.0181. The molecular formula is C21H30N2O4. The highest BCUT2D eigenvalue weighted by Crippen LogP contribution is 2.29. The van der Waals surface area contributed by atoms with Crippen LogP contribution >= 0.6 is 0 Å². The van der Waals surface area contributed by atoms with Gasteiger partial charge < -0.3 is 19.7 Å². The molecule has 3 rings (SSSR count). The number of ether oxygens (including phenoxy) is 2. The van der Waals surface area contributed by atoms with Crippen molar-refractivity contribution in [2.24, 2.45) is 0 Å². The van der Waals surface area contributed by atoms with Crippen molar-refractivity contribution in [2.45, 2.75) is 64.3 Å². The third-order valence-electron chi connectivity index (χ3n) is 4.90. The molecule has 2 aliphatic carbocycles. The second-order valence-corrected chi connectivity index (χ2v) is 7.35. The molecule has 0 radical (unpaired) electrons. The maximum absolute atomic E-state index is 12.8. The average Bonchev–Trinajstić information content (AvgIpc) is 3.57. The van der Waals surface area contributed by atoms with E-state index in [1.165, 1.54) is 0 Å². The number of nitrogens with one attached hydrogen (secondary N) is 1. The number of rotatable bonds is 11. The Kier molecular flexibility index (Phi) is 6.85. The first-order valence-corrected chi connectivity index (χ1v) is 9.98. The first-order valence-electron chi connectivity index (χ1n) is 9.98. The summed E-state index contributed by atoms with van der Waals surface area (Å²) in [5, 5.41) is 2.99. The Bertz CT molecular complexity index is 638. The number of amides is 2. The fourth-order valence-electron chi connectivity index (χ4n) is 2.96. The zero-order chi connectivity index (χ0) is 19.2. The normalized spacial score (nSPS) is 17.4. The summed E-state index contributed by atoms with van der Waals surface area (Å²) < 4.78 is 10.9. The van der Waals surface area contributed by atoms with Crippen molar-refractivity contribution in [3.8, 4) is 0 Å². The number of hydrogen-bond acceptors (Lipinski definition) is 4. The molecule has 0 saturated heterocycles. The van der Waals surface area contributed by atoms with E-state index in [4.69, 9.17) is 9.47 Å². The summed E-state index contributed by atoms with van der Waals surface area (Å²) in [6.45, 7) is 5.85. The van der Waals surface area contributed by atoms with Gasteiger partial charge in [-0.25, -0.2) is 0 Å². The molecule has 1 unspecified atom stereocenters. The molecule has 2 aliphatic rings. The summed E-state index contributed by atoms with van der Waals surface area (Å²) in [6, 6.07) is 8.20. The van der Waals surface area contributed by atoms with Gasteiger partial charge in [-0.15, -0.1) is 0 Å². The maximum Gasteiger partial charge on any atom is 0.251 e. The lowest BCUT2D eigenvalue weighted by molar-refractivity contribution is -0.144. The van der Waals surface area contributed by atoms with E-state index in [9.17, 15) is 9.59 Å². The van der Waals surface area contributed by atoms with E-state index >= 15 is 0 Å². The van der Waals surface area contributed by atoms with Gasteiger partial charge in [-0.3, -0.25) is 9.59 Å². The van der Waals surface area contributed by atoms with Crippen molar-refractivity contribution in [1.82, 2.24) is 10.2 Å². The summed E-state index contributed by atoms with van der Waals surface area (Å²) in [6.07, 6.45) is 3.76. The van der Waals surface area contributed by atoms with Crippen LogP contribution in [-0.4, -0.2) is 54.7 Å². The van der Waals surface area contributed by atoms with E-state index in [2.05, 4.69) is 5.32 Å². The van der Waals surface area contributed by atoms with E-state index < -0.39 is 6.10 Å². The van der Waals surface area contributed by atoms with Crippen LogP contribution in [0, 0.1) is 0 Å². The van der Waals surface area contributed by atoms with Crippen molar-refractivity contribution >= 4 is 11.8 Å². The molecule has 0 bridgehead atoms. The number of hydrogen-bond donors (Lipinski definition) is 1. The molecule has 0 aliphatic heterocycles. The van der Waals surface area contributed by atoms with Crippen LogP contribution in [-0.2, 0) is 20.8 Å². The molecule has 2 amide bonds. The molecule has 0 aromatic heterocycles. The van der Waals surface area contributed by atoms with E-state index in [0.29, 0.717) is 44.0 Å². The van der Waals surface area contributed by atoms with Gasteiger partial charge in [-0.1, -0.05) is 12.1 Å².